The van der Waals surface area contributed by atoms with Crippen LogP contribution in [0, 0.1) is 5.41 Å². The minimum absolute atomic E-state index is 0.331. The first-order valence-corrected chi connectivity index (χ1v) is 4.68. The summed E-state index contributed by atoms with van der Waals surface area (Å²) in [4.78, 5) is 0. The van der Waals surface area contributed by atoms with Crippen molar-refractivity contribution in [2.75, 3.05) is 5.88 Å². The highest BCUT2D eigenvalue weighted by Gasteiger charge is 2.27. The molecule has 0 N–H and O–H groups in total. The molecule has 1 aliphatic carbocycles. The van der Waals surface area contributed by atoms with Gasteiger partial charge in [0, 0.05) is 5.88 Å². The van der Waals surface area contributed by atoms with Crippen molar-refractivity contribution in [1.29, 1.82) is 0 Å². The summed E-state index contributed by atoms with van der Waals surface area (Å²) in [5.74, 6) is 0.767. The van der Waals surface area contributed by atoms with E-state index in [0.29, 0.717) is 5.41 Å². The SMILES string of the molecule is C=CCC1(CCl)CC=CCC1. The van der Waals surface area contributed by atoms with Crippen molar-refractivity contribution >= 4 is 11.6 Å². The molecule has 1 rings (SSSR count). The Morgan fingerprint density at radius 3 is 2.82 bits per heavy atom. The van der Waals surface area contributed by atoms with E-state index in [0.717, 1.165) is 18.7 Å². The lowest BCUT2D eigenvalue weighted by molar-refractivity contribution is 0.302. The molecule has 0 radical (unpaired) electrons. The van der Waals surface area contributed by atoms with Crippen LogP contribution in [0.25, 0.3) is 0 Å². The van der Waals surface area contributed by atoms with E-state index in [1.807, 2.05) is 6.08 Å². The minimum atomic E-state index is 0.331. The van der Waals surface area contributed by atoms with E-state index >= 15 is 0 Å². The van der Waals surface area contributed by atoms with E-state index in [-0.39, 0.29) is 0 Å². The van der Waals surface area contributed by atoms with E-state index in [1.165, 1.54) is 12.8 Å². The van der Waals surface area contributed by atoms with Gasteiger partial charge >= 0.3 is 0 Å². The Labute approximate surface area is 73.9 Å². The molecule has 1 atom stereocenters. The summed E-state index contributed by atoms with van der Waals surface area (Å²) in [6.07, 6.45) is 11.1. The first-order valence-electron chi connectivity index (χ1n) is 4.15. The van der Waals surface area contributed by atoms with E-state index in [4.69, 9.17) is 11.6 Å². The summed E-state index contributed by atoms with van der Waals surface area (Å²) in [5, 5.41) is 0. The third kappa shape index (κ3) is 2.10. The fraction of sp³-hybridized carbons (Fsp3) is 0.600. The molecule has 62 valence electrons. The van der Waals surface area contributed by atoms with Gasteiger partial charge in [-0.3, -0.25) is 0 Å². The number of allylic oxidation sites excluding steroid dienone is 3. The van der Waals surface area contributed by atoms with Crippen molar-refractivity contribution in [3.05, 3.63) is 24.8 Å². The van der Waals surface area contributed by atoms with Crippen LogP contribution in [-0.2, 0) is 0 Å². The molecule has 0 aromatic carbocycles. The van der Waals surface area contributed by atoms with Gasteiger partial charge in [-0.25, -0.2) is 0 Å². The van der Waals surface area contributed by atoms with Crippen LogP contribution in [0.5, 0.6) is 0 Å². The zero-order valence-corrected chi connectivity index (χ0v) is 7.61. The molecule has 0 fully saturated rings. The van der Waals surface area contributed by atoms with Crippen LogP contribution in [0.1, 0.15) is 25.7 Å². The highest BCUT2D eigenvalue weighted by molar-refractivity contribution is 6.18. The second kappa shape index (κ2) is 3.96. The summed E-state index contributed by atoms with van der Waals surface area (Å²) in [7, 11) is 0. The summed E-state index contributed by atoms with van der Waals surface area (Å²) < 4.78 is 0. The molecule has 1 unspecified atom stereocenters. The van der Waals surface area contributed by atoms with Crippen LogP contribution in [0.3, 0.4) is 0 Å². The second-order valence-corrected chi connectivity index (χ2v) is 3.61. The monoisotopic (exact) mass is 170 g/mol. The quantitative estimate of drug-likeness (QED) is 0.449. The van der Waals surface area contributed by atoms with Gasteiger partial charge in [-0.15, -0.1) is 18.2 Å². The largest absolute Gasteiger partial charge is 0.126 e. The first kappa shape index (κ1) is 8.86. The molecule has 0 spiro atoms. The molecule has 1 aliphatic rings. The average Bonchev–Trinajstić information content (AvgIpc) is 2.07. The minimum Gasteiger partial charge on any atom is -0.126 e. The van der Waals surface area contributed by atoms with Gasteiger partial charge < -0.3 is 0 Å². The first-order chi connectivity index (χ1) is 5.33. The van der Waals surface area contributed by atoms with Gasteiger partial charge in [-0.2, -0.15) is 0 Å². The van der Waals surface area contributed by atoms with E-state index in [9.17, 15) is 0 Å². The molecule has 0 nitrogen and oxygen atoms in total. The Morgan fingerprint density at radius 2 is 2.36 bits per heavy atom. The summed E-state index contributed by atoms with van der Waals surface area (Å²) in [5.41, 5.74) is 0.331. The lowest BCUT2D eigenvalue weighted by Gasteiger charge is -2.31. The van der Waals surface area contributed by atoms with E-state index < -0.39 is 0 Å². The van der Waals surface area contributed by atoms with E-state index in [2.05, 4.69) is 18.7 Å². The van der Waals surface area contributed by atoms with Crippen LogP contribution >= 0.6 is 11.6 Å². The van der Waals surface area contributed by atoms with Crippen molar-refractivity contribution in [3.63, 3.8) is 0 Å². The van der Waals surface area contributed by atoms with Gasteiger partial charge in [0.2, 0.25) is 0 Å². The fourth-order valence-electron chi connectivity index (χ4n) is 1.61. The van der Waals surface area contributed by atoms with Crippen LogP contribution in [0.4, 0.5) is 0 Å². The second-order valence-electron chi connectivity index (χ2n) is 3.34. The molecule has 0 bridgehead atoms. The summed E-state index contributed by atoms with van der Waals surface area (Å²) in [6.45, 7) is 3.77. The van der Waals surface area contributed by atoms with Gasteiger partial charge in [0.05, 0.1) is 0 Å². The molecular formula is C10H15Cl. The van der Waals surface area contributed by atoms with Crippen molar-refractivity contribution in [1.82, 2.24) is 0 Å². The Balaban J connectivity index is 2.58. The Hall–Kier alpha value is -0.230. The predicted octanol–water partition coefficient (Wildman–Crippen LogP) is 3.53. The van der Waals surface area contributed by atoms with Crippen molar-refractivity contribution in [3.8, 4) is 0 Å². The Morgan fingerprint density at radius 1 is 1.55 bits per heavy atom. The summed E-state index contributed by atoms with van der Waals surface area (Å²) >= 11 is 5.93. The molecule has 0 saturated carbocycles. The highest BCUT2D eigenvalue weighted by atomic mass is 35.5. The Kier molecular flexibility index (Phi) is 3.19. The predicted molar refractivity (Wildman–Crippen MR) is 51.0 cm³/mol. The molecule has 0 saturated heterocycles. The van der Waals surface area contributed by atoms with Gasteiger partial charge in [0.1, 0.15) is 0 Å². The lowest BCUT2D eigenvalue weighted by atomic mass is 9.76. The van der Waals surface area contributed by atoms with Crippen molar-refractivity contribution in [2.24, 2.45) is 5.41 Å². The fourth-order valence-corrected chi connectivity index (χ4v) is 1.96. The maximum absolute atomic E-state index is 5.93. The maximum atomic E-state index is 5.93. The summed E-state index contributed by atoms with van der Waals surface area (Å²) in [6, 6.07) is 0. The lowest BCUT2D eigenvalue weighted by Crippen LogP contribution is -2.23. The molecule has 0 heterocycles. The zero-order valence-electron chi connectivity index (χ0n) is 6.85. The number of halogens is 1. The molecule has 0 aliphatic heterocycles. The third-order valence-electron chi connectivity index (χ3n) is 2.42. The number of rotatable bonds is 3. The van der Waals surface area contributed by atoms with E-state index in [1.54, 1.807) is 0 Å². The normalized spacial score (nSPS) is 30.3. The zero-order chi connectivity index (χ0) is 8.16. The number of alkyl halides is 1. The van der Waals surface area contributed by atoms with Gasteiger partial charge in [0.15, 0.2) is 0 Å². The van der Waals surface area contributed by atoms with Crippen molar-refractivity contribution < 1.29 is 0 Å². The smallest absolute Gasteiger partial charge is 0.0286 e. The molecule has 0 aromatic rings. The van der Waals surface area contributed by atoms with Gasteiger partial charge in [-0.1, -0.05) is 18.2 Å². The molecule has 0 amide bonds. The van der Waals surface area contributed by atoms with Gasteiger partial charge in [0.25, 0.3) is 0 Å². The molecule has 0 aromatic heterocycles. The van der Waals surface area contributed by atoms with Gasteiger partial charge in [-0.05, 0) is 31.1 Å². The standard InChI is InChI=1S/C10H15Cl/c1-2-6-10(9-11)7-4-3-5-8-10/h2-4H,1,5-9H2. The van der Waals surface area contributed by atoms with Crippen LogP contribution in [0.15, 0.2) is 24.8 Å². The van der Waals surface area contributed by atoms with Crippen LogP contribution in [0.2, 0.25) is 0 Å². The third-order valence-corrected chi connectivity index (χ3v) is 2.99. The highest BCUT2D eigenvalue weighted by Crippen LogP contribution is 2.37. The van der Waals surface area contributed by atoms with Crippen LogP contribution < -0.4 is 0 Å². The average molecular weight is 171 g/mol. The molecule has 11 heavy (non-hydrogen) atoms. The number of hydrogen-bond acceptors (Lipinski definition) is 0. The topological polar surface area (TPSA) is 0 Å². The number of hydrogen-bond donors (Lipinski definition) is 0. The molecule has 1 heteroatoms. The van der Waals surface area contributed by atoms with Crippen molar-refractivity contribution in [2.45, 2.75) is 25.7 Å². The molecular weight excluding hydrogens is 156 g/mol. The maximum Gasteiger partial charge on any atom is 0.0286 e. The van der Waals surface area contributed by atoms with Crippen LogP contribution in [-0.4, -0.2) is 5.88 Å². The Bertz CT molecular complexity index is 160.